The lowest BCUT2D eigenvalue weighted by atomic mass is 9.69. The van der Waals surface area contributed by atoms with Gasteiger partial charge in [0.15, 0.2) is 0 Å². The van der Waals surface area contributed by atoms with E-state index < -0.39 is 22.0 Å². The van der Waals surface area contributed by atoms with Crippen molar-refractivity contribution in [1.82, 2.24) is 4.72 Å². The van der Waals surface area contributed by atoms with Crippen LogP contribution in [0, 0.1) is 11.8 Å². The summed E-state index contributed by atoms with van der Waals surface area (Å²) in [7, 11) is -3.79. The Morgan fingerprint density at radius 1 is 1.15 bits per heavy atom. The minimum atomic E-state index is -3.79. The smallest absolute Gasteiger partial charge is 0.264 e. The number of ether oxygens (including phenoxy) is 1. The van der Waals surface area contributed by atoms with Crippen LogP contribution in [0.25, 0.3) is 0 Å². The van der Waals surface area contributed by atoms with Crippen molar-refractivity contribution in [3.63, 3.8) is 0 Å². The molecule has 0 unspecified atom stereocenters. The van der Waals surface area contributed by atoms with Gasteiger partial charge in [0, 0.05) is 23.7 Å². The molecule has 1 heterocycles. The van der Waals surface area contributed by atoms with Gasteiger partial charge in [-0.1, -0.05) is 29.8 Å². The second-order valence-corrected chi connectivity index (χ2v) is 13.0. The van der Waals surface area contributed by atoms with Gasteiger partial charge in [0.25, 0.3) is 5.91 Å². The van der Waals surface area contributed by atoms with Crippen LogP contribution in [0.5, 0.6) is 5.75 Å². The highest BCUT2D eigenvalue weighted by Crippen LogP contribution is 2.41. The maximum absolute atomic E-state index is 13.0. The summed E-state index contributed by atoms with van der Waals surface area (Å²) in [6.45, 7) is 9.11. The van der Waals surface area contributed by atoms with E-state index in [2.05, 4.69) is 22.8 Å². The number of hydrogen-bond donors (Lipinski definition) is 2. The summed E-state index contributed by atoms with van der Waals surface area (Å²) < 4.78 is 33.3. The molecule has 0 radical (unpaired) electrons. The third-order valence-electron chi connectivity index (χ3n) is 7.91. The summed E-state index contributed by atoms with van der Waals surface area (Å²) in [5.41, 5.74) is 3.21. The van der Waals surface area contributed by atoms with Gasteiger partial charge in [0.2, 0.25) is 10.0 Å². The van der Waals surface area contributed by atoms with Gasteiger partial charge in [0.1, 0.15) is 12.4 Å². The zero-order valence-electron chi connectivity index (χ0n) is 22.9. The van der Waals surface area contributed by atoms with Gasteiger partial charge in [-0.15, -0.1) is 13.2 Å². The Morgan fingerprint density at radius 3 is 2.70 bits per heavy atom. The molecule has 3 atom stereocenters. The molecule has 2 aliphatic rings. The Labute approximate surface area is 242 Å². The van der Waals surface area contributed by atoms with Crippen molar-refractivity contribution in [1.29, 1.82) is 0 Å². The number of amides is 1. The Kier molecular flexibility index (Phi) is 10.3. The number of anilines is 1. The van der Waals surface area contributed by atoms with E-state index in [0.717, 1.165) is 55.5 Å². The number of aliphatic hydroxyl groups excluding tert-OH is 1. The van der Waals surface area contributed by atoms with E-state index >= 15 is 0 Å². The van der Waals surface area contributed by atoms with Gasteiger partial charge in [-0.3, -0.25) is 4.79 Å². The topological polar surface area (TPSA) is 95.9 Å². The molecule has 40 heavy (non-hydrogen) atoms. The number of hydrogen-bond acceptors (Lipinski definition) is 6. The van der Waals surface area contributed by atoms with Crippen LogP contribution in [0.1, 0.15) is 60.0 Å². The molecule has 1 saturated carbocycles. The van der Waals surface area contributed by atoms with Crippen molar-refractivity contribution in [3.05, 3.63) is 83.4 Å². The van der Waals surface area contributed by atoms with Crippen molar-refractivity contribution in [2.24, 2.45) is 11.8 Å². The number of allylic oxidation sites excluding steroid dienone is 1. The number of carbonyl (C=O) groups excluding carboxylic acids is 1. The van der Waals surface area contributed by atoms with Gasteiger partial charge in [-0.05, 0) is 98.2 Å². The third-order valence-corrected chi connectivity index (χ3v) is 9.41. The normalized spacial score (nSPS) is 20.0. The van der Waals surface area contributed by atoms with Gasteiger partial charge < -0.3 is 14.7 Å². The van der Waals surface area contributed by atoms with E-state index in [9.17, 15) is 18.3 Å². The molecular weight excluding hydrogens is 548 g/mol. The number of nitrogens with zero attached hydrogens (tertiary/aromatic N) is 1. The predicted molar refractivity (Wildman–Crippen MR) is 160 cm³/mol. The van der Waals surface area contributed by atoms with Crippen molar-refractivity contribution < 1.29 is 23.1 Å². The van der Waals surface area contributed by atoms with Gasteiger partial charge >= 0.3 is 0 Å². The fourth-order valence-corrected chi connectivity index (χ4v) is 6.70. The predicted octanol–water partition coefficient (Wildman–Crippen LogP) is 5.66. The molecular formula is C31H39ClN2O5S. The SMILES string of the molecule is C=CCCS(=O)(=O)NC(=O)c1ccc2c(c1)N(C[C@@H]1CC[C@H]1[C@@H](O)CC=C)CCCCc1cc(Cl)ccc1CO2. The molecule has 216 valence electrons. The van der Waals surface area contributed by atoms with Crippen molar-refractivity contribution in [3.8, 4) is 5.75 Å². The molecule has 0 bridgehead atoms. The Morgan fingerprint density at radius 2 is 1.98 bits per heavy atom. The fraction of sp³-hybridized carbons (Fsp3) is 0.452. The minimum Gasteiger partial charge on any atom is -0.487 e. The molecule has 0 aromatic heterocycles. The average Bonchev–Trinajstić information content (AvgIpc) is 2.93. The summed E-state index contributed by atoms with van der Waals surface area (Å²) in [6.07, 6.45) is 8.37. The second-order valence-electron chi connectivity index (χ2n) is 10.7. The van der Waals surface area contributed by atoms with Gasteiger partial charge in [0.05, 0.1) is 17.5 Å². The van der Waals surface area contributed by atoms with E-state index in [4.69, 9.17) is 16.3 Å². The number of rotatable bonds is 10. The number of nitrogens with one attached hydrogen (secondary N) is 1. The lowest BCUT2D eigenvalue weighted by Crippen LogP contribution is -2.43. The highest BCUT2D eigenvalue weighted by atomic mass is 35.5. The quantitative estimate of drug-likeness (QED) is 0.349. The number of fused-ring (bicyclic) bond motifs is 2. The Hall–Kier alpha value is -2.81. The highest BCUT2D eigenvalue weighted by molar-refractivity contribution is 7.90. The van der Waals surface area contributed by atoms with Gasteiger partial charge in [-0.25, -0.2) is 13.1 Å². The first-order chi connectivity index (χ1) is 19.2. The molecule has 0 spiro atoms. The summed E-state index contributed by atoms with van der Waals surface area (Å²) in [6, 6.07) is 10.9. The summed E-state index contributed by atoms with van der Waals surface area (Å²) in [4.78, 5) is 15.3. The molecule has 9 heteroatoms. The average molecular weight is 587 g/mol. The van der Waals surface area contributed by atoms with Crippen molar-refractivity contribution >= 4 is 33.2 Å². The molecule has 1 aliphatic heterocycles. The standard InChI is InChI=1S/C31H39ClN2O5S/c1-3-5-17-40(37,38)33-31(36)23-12-15-30-28(19-23)34(20-24-11-14-27(24)29(35)8-4-2)16-7-6-9-22-18-26(32)13-10-25(22)21-39-30/h3-4,10,12-13,15,18-19,24,27,29,35H,1-2,5-9,11,14,16-17,20-21H2,(H,33,36)/t24-,27+,29-/m0/s1. The van der Waals surface area contributed by atoms with Crippen LogP contribution in [0.4, 0.5) is 5.69 Å². The number of benzene rings is 2. The number of aliphatic hydroxyl groups is 1. The Balaban J connectivity index is 1.65. The lowest BCUT2D eigenvalue weighted by molar-refractivity contribution is 0.0181. The van der Waals surface area contributed by atoms with Crippen LogP contribution in [0.15, 0.2) is 61.7 Å². The molecule has 7 nitrogen and oxygen atoms in total. The lowest BCUT2D eigenvalue weighted by Gasteiger charge is -2.43. The monoisotopic (exact) mass is 586 g/mol. The molecule has 2 N–H and O–H groups in total. The van der Waals surface area contributed by atoms with Crippen LogP contribution < -0.4 is 14.4 Å². The molecule has 0 saturated heterocycles. The van der Waals surface area contributed by atoms with E-state index in [1.165, 1.54) is 6.08 Å². The second kappa shape index (κ2) is 13.7. The van der Waals surface area contributed by atoms with E-state index in [0.29, 0.717) is 36.3 Å². The molecule has 1 fully saturated rings. The van der Waals surface area contributed by atoms with Crippen molar-refractivity contribution in [2.75, 3.05) is 23.7 Å². The van der Waals surface area contributed by atoms with E-state index in [-0.39, 0.29) is 23.7 Å². The first-order valence-corrected chi connectivity index (χ1v) is 16.0. The maximum Gasteiger partial charge on any atom is 0.264 e. The van der Waals surface area contributed by atoms with Crippen LogP contribution >= 0.6 is 11.6 Å². The van der Waals surface area contributed by atoms with E-state index in [1.54, 1.807) is 24.3 Å². The maximum atomic E-state index is 13.0. The van der Waals surface area contributed by atoms with Crippen LogP contribution in [0.3, 0.4) is 0 Å². The number of aryl methyl sites for hydroxylation is 1. The number of carbonyl (C=O) groups is 1. The third kappa shape index (κ3) is 7.68. The molecule has 1 amide bonds. The van der Waals surface area contributed by atoms with Crippen LogP contribution in [0.2, 0.25) is 5.02 Å². The summed E-state index contributed by atoms with van der Waals surface area (Å²) in [5.74, 6) is 0.219. The Bertz CT molecular complexity index is 1330. The first-order valence-electron chi connectivity index (χ1n) is 13.9. The molecule has 2 aromatic carbocycles. The minimum absolute atomic E-state index is 0.188. The number of sulfonamides is 1. The first kappa shape index (κ1) is 30.2. The zero-order valence-corrected chi connectivity index (χ0v) is 24.4. The summed E-state index contributed by atoms with van der Waals surface area (Å²) in [5, 5.41) is 11.3. The highest BCUT2D eigenvalue weighted by Gasteiger charge is 2.37. The molecule has 2 aromatic rings. The van der Waals surface area contributed by atoms with Crippen LogP contribution in [-0.4, -0.2) is 44.4 Å². The van der Waals surface area contributed by atoms with Crippen LogP contribution in [-0.2, 0) is 23.1 Å². The zero-order chi connectivity index (χ0) is 28.7. The largest absolute Gasteiger partial charge is 0.487 e. The number of halogens is 1. The van der Waals surface area contributed by atoms with Crippen molar-refractivity contribution in [2.45, 2.75) is 57.7 Å². The summed E-state index contributed by atoms with van der Waals surface area (Å²) >= 11 is 6.28. The van der Waals surface area contributed by atoms with E-state index in [1.807, 2.05) is 18.2 Å². The molecule has 4 rings (SSSR count). The van der Waals surface area contributed by atoms with Gasteiger partial charge in [-0.2, -0.15) is 0 Å². The molecule has 1 aliphatic carbocycles. The fourth-order valence-electron chi connectivity index (χ4n) is 5.53.